The van der Waals surface area contributed by atoms with Gasteiger partial charge in [-0.05, 0) is 35.0 Å². The molecule has 0 aromatic rings. The van der Waals surface area contributed by atoms with Gasteiger partial charge in [0.05, 0.1) is 0 Å². The SMILES string of the molecule is CCC(CS)(CS)C(C)CS. The summed E-state index contributed by atoms with van der Waals surface area (Å²) in [7, 11) is 0. The van der Waals surface area contributed by atoms with Crippen molar-refractivity contribution in [3.8, 4) is 0 Å². The van der Waals surface area contributed by atoms with Crippen LogP contribution >= 0.6 is 37.9 Å². The quantitative estimate of drug-likeness (QED) is 0.571. The predicted molar refractivity (Wildman–Crippen MR) is 63.4 cm³/mol. The molecule has 0 spiro atoms. The first-order chi connectivity index (χ1) is 5.16. The highest BCUT2D eigenvalue weighted by Gasteiger charge is 2.30. The highest BCUT2D eigenvalue weighted by Crippen LogP contribution is 2.34. The van der Waals surface area contributed by atoms with E-state index in [2.05, 4.69) is 51.7 Å². The first-order valence-corrected chi connectivity index (χ1v) is 5.89. The molecule has 0 rings (SSSR count). The van der Waals surface area contributed by atoms with E-state index in [0.29, 0.717) is 5.92 Å². The molecule has 0 saturated carbocycles. The molecule has 11 heavy (non-hydrogen) atoms. The maximum atomic E-state index is 4.37. The van der Waals surface area contributed by atoms with Gasteiger partial charge in [0.25, 0.3) is 0 Å². The van der Waals surface area contributed by atoms with E-state index in [1.54, 1.807) is 0 Å². The minimum Gasteiger partial charge on any atom is -0.179 e. The lowest BCUT2D eigenvalue weighted by atomic mass is 9.78. The van der Waals surface area contributed by atoms with Crippen molar-refractivity contribution in [2.75, 3.05) is 17.3 Å². The lowest BCUT2D eigenvalue weighted by molar-refractivity contribution is 0.261. The Labute approximate surface area is 86.8 Å². The van der Waals surface area contributed by atoms with Crippen LogP contribution in [0.3, 0.4) is 0 Å². The van der Waals surface area contributed by atoms with Gasteiger partial charge in [0.2, 0.25) is 0 Å². The van der Waals surface area contributed by atoms with Gasteiger partial charge >= 0.3 is 0 Å². The average molecular weight is 210 g/mol. The number of hydrogen-bond acceptors (Lipinski definition) is 3. The van der Waals surface area contributed by atoms with Gasteiger partial charge in [0.1, 0.15) is 0 Å². The van der Waals surface area contributed by atoms with Gasteiger partial charge in [-0.25, -0.2) is 0 Å². The van der Waals surface area contributed by atoms with Crippen LogP contribution in [0.2, 0.25) is 0 Å². The fourth-order valence-corrected chi connectivity index (χ4v) is 2.99. The van der Waals surface area contributed by atoms with Gasteiger partial charge in [0.15, 0.2) is 0 Å². The van der Waals surface area contributed by atoms with E-state index in [-0.39, 0.29) is 5.41 Å². The smallest absolute Gasteiger partial charge is 0.00306 e. The van der Waals surface area contributed by atoms with Gasteiger partial charge in [0, 0.05) is 0 Å². The summed E-state index contributed by atoms with van der Waals surface area (Å²) in [6.07, 6.45) is 1.14. The average Bonchev–Trinajstić information content (AvgIpc) is 2.08. The molecule has 0 aliphatic carbocycles. The third-order valence-corrected chi connectivity index (χ3v) is 4.46. The lowest BCUT2D eigenvalue weighted by Gasteiger charge is -2.35. The molecular weight excluding hydrogens is 192 g/mol. The Morgan fingerprint density at radius 3 is 1.73 bits per heavy atom. The molecule has 0 N–H and O–H groups in total. The third-order valence-electron chi connectivity index (χ3n) is 2.65. The fourth-order valence-electron chi connectivity index (χ4n) is 1.13. The molecule has 0 saturated heterocycles. The van der Waals surface area contributed by atoms with E-state index in [0.717, 1.165) is 23.7 Å². The summed E-state index contributed by atoms with van der Waals surface area (Å²) >= 11 is 13.0. The molecule has 0 fully saturated rings. The Kier molecular flexibility index (Phi) is 6.19. The zero-order valence-corrected chi connectivity index (χ0v) is 9.93. The van der Waals surface area contributed by atoms with Crippen LogP contribution in [0.25, 0.3) is 0 Å². The van der Waals surface area contributed by atoms with Crippen molar-refractivity contribution >= 4 is 37.9 Å². The summed E-state index contributed by atoms with van der Waals surface area (Å²) in [5, 5.41) is 0. The molecule has 0 aliphatic heterocycles. The van der Waals surface area contributed by atoms with Gasteiger partial charge in [-0.3, -0.25) is 0 Å². The molecule has 3 heteroatoms. The Morgan fingerprint density at radius 1 is 1.18 bits per heavy atom. The van der Waals surface area contributed by atoms with Gasteiger partial charge in [-0.1, -0.05) is 13.8 Å². The molecule has 0 aromatic heterocycles. The maximum absolute atomic E-state index is 4.37. The van der Waals surface area contributed by atoms with Gasteiger partial charge in [-0.2, -0.15) is 37.9 Å². The molecule has 0 aliphatic rings. The van der Waals surface area contributed by atoms with Crippen LogP contribution in [0.5, 0.6) is 0 Å². The first kappa shape index (κ1) is 12.0. The van der Waals surface area contributed by atoms with Crippen LogP contribution < -0.4 is 0 Å². The van der Waals surface area contributed by atoms with Crippen LogP contribution in [-0.2, 0) is 0 Å². The second-order valence-corrected chi connectivity index (χ2v) is 4.11. The summed E-state index contributed by atoms with van der Waals surface area (Å²) in [6, 6.07) is 0. The standard InChI is InChI=1S/C8H18S3/c1-3-8(5-10,6-11)7(2)4-9/h7,9-11H,3-6H2,1-2H3. The highest BCUT2D eigenvalue weighted by molar-refractivity contribution is 7.81. The van der Waals surface area contributed by atoms with E-state index >= 15 is 0 Å². The summed E-state index contributed by atoms with van der Waals surface area (Å²) in [4.78, 5) is 0. The second kappa shape index (κ2) is 5.65. The molecule has 0 bridgehead atoms. The molecular formula is C8H18S3. The molecule has 68 valence electrons. The van der Waals surface area contributed by atoms with Gasteiger partial charge in [-0.15, -0.1) is 0 Å². The summed E-state index contributed by atoms with van der Waals surface area (Å²) < 4.78 is 0. The maximum Gasteiger partial charge on any atom is -0.00306 e. The molecule has 0 heterocycles. The molecule has 0 aromatic carbocycles. The molecule has 0 amide bonds. The Balaban J connectivity index is 4.26. The Bertz CT molecular complexity index is 91.2. The number of rotatable bonds is 5. The zero-order valence-electron chi connectivity index (χ0n) is 7.25. The minimum absolute atomic E-state index is 0.286. The monoisotopic (exact) mass is 210 g/mol. The van der Waals surface area contributed by atoms with Crippen LogP contribution in [0.4, 0.5) is 0 Å². The fraction of sp³-hybridized carbons (Fsp3) is 1.00. The Morgan fingerprint density at radius 2 is 1.64 bits per heavy atom. The van der Waals surface area contributed by atoms with Crippen molar-refractivity contribution in [3.05, 3.63) is 0 Å². The molecule has 1 atom stereocenters. The number of hydrogen-bond donors (Lipinski definition) is 3. The van der Waals surface area contributed by atoms with Crippen LogP contribution in [0.15, 0.2) is 0 Å². The normalized spacial score (nSPS) is 15.0. The predicted octanol–water partition coefficient (Wildman–Crippen LogP) is 2.81. The minimum atomic E-state index is 0.286. The van der Waals surface area contributed by atoms with Crippen LogP contribution in [-0.4, -0.2) is 17.3 Å². The van der Waals surface area contributed by atoms with E-state index in [1.807, 2.05) is 0 Å². The van der Waals surface area contributed by atoms with Gasteiger partial charge < -0.3 is 0 Å². The topological polar surface area (TPSA) is 0 Å². The first-order valence-electron chi connectivity index (χ1n) is 3.99. The lowest BCUT2D eigenvalue weighted by Crippen LogP contribution is -2.33. The molecule has 0 radical (unpaired) electrons. The third kappa shape index (κ3) is 2.78. The number of thiol groups is 3. The summed E-state index contributed by atoms with van der Waals surface area (Å²) in [5.74, 6) is 3.35. The largest absolute Gasteiger partial charge is 0.179 e. The van der Waals surface area contributed by atoms with E-state index in [1.165, 1.54) is 0 Å². The van der Waals surface area contributed by atoms with E-state index in [9.17, 15) is 0 Å². The van der Waals surface area contributed by atoms with Crippen molar-refractivity contribution < 1.29 is 0 Å². The Hall–Kier alpha value is 1.05. The summed E-state index contributed by atoms with van der Waals surface area (Å²) in [6.45, 7) is 4.43. The van der Waals surface area contributed by atoms with E-state index in [4.69, 9.17) is 0 Å². The molecule has 0 nitrogen and oxygen atoms in total. The van der Waals surface area contributed by atoms with Crippen molar-refractivity contribution in [1.29, 1.82) is 0 Å². The van der Waals surface area contributed by atoms with Crippen molar-refractivity contribution in [2.45, 2.75) is 20.3 Å². The second-order valence-electron chi connectivity index (χ2n) is 3.12. The van der Waals surface area contributed by atoms with Crippen LogP contribution in [0.1, 0.15) is 20.3 Å². The van der Waals surface area contributed by atoms with Crippen molar-refractivity contribution in [3.63, 3.8) is 0 Å². The zero-order chi connectivity index (χ0) is 8.91. The van der Waals surface area contributed by atoms with Crippen molar-refractivity contribution in [1.82, 2.24) is 0 Å². The van der Waals surface area contributed by atoms with E-state index < -0.39 is 0 Å². The van der Waals surface area contributed by atoms with Crippen molar-refractivity contribution in [2.24, 2.45) is 11.3 Å². The molecule has 1 unspecified atom stereocenters. The van der Waals surface area contributed by atoms with Crippen LogP contribution in [0, 0.1) is 11.3 Å². The summed E-state index contributed by atoms with van der Waals surface area (Å²) in [5.41, 5.74) is 0.286. The highest BCUT2D eigenvalue weighted by atomic mass is 32.1.